The Morgan fingerprint density at radius 3 is 2.73 bits per heavy atom. The molecule has 0 radical (unpaired) electrons. The zero-order valence-corrected chi connectivity index (χ0v) is 9.30. The molecule has 0 fully saturated rings. The topological polar surface area (TPSA) is 26.3 Å². The summed E-state index contributed by atoms with van der Waals surface area (Å²) in [4.78, 5) is 10.9. The van der Waals surface area contributed by atoms with Crippen LogP contribution < -0.4 is 4.74 Å². The van der Waals surface area contributed by atoms with Crippen molar-refractivity contribution in [2.75, 3.05) is 7.11 Å². The minimum absolute atomic E-state index is 0.690. The van der Waals surface area contributed by atoms with Crippen LogP contribution in [-0.4, -0.2) is 13.4 Å². The van der Waals surface area contributed by atoms with E-state index in [-0.39, 0.29) is 0 Å². The van der Waals surface area contributed by atoms with Crippen LogP contribution in [0.15, 0.2) is 6.07 Å². The van der Waals surface area contributed by atoms with E-state index in [0.29, 0.717) is 5.56 Å². The van der Waals surface area contributed by atoms with Gasteiger partial charge in [0, 0.05) is 0 Å². The maximum atomic E-state index is 10.9. The maximum absolute atomic E-state index is 10.9. The molecule has 0 aromatic heterocycles. The van der Waals surface area contributed by atoms with Crippen molar-refractivity contribution in [3.8, 4) is 5.75 Å². The number of ether oxygens (including phenoxy) is 1. The molecule has 0 saturated carbocycles. The summed E-state index contributed by atoms with van der Waals surface area (Å²) in [5, 5.41) is 0. The van der Waals surface area contributed by atoms with Crippen LogP contribution in [0, 0.1) is 6.92 Å². The smallest absolute Gasteiger partial charge is 0.153 e. The standard InChI is InChI=1S/C13H16O2/c1-9-12-6-4-3-5-10(12)7-11(8-14)13(9)15-2/h7-8H,3-6H2,1-2H3. The van der Waals surface area contributed by atoms with Gasteiger partial charge in [-0.15, -0.1) is 0 Å². The van der Waals surface area contributed by atoms with Crippen molar-refractivity contribution in [3.05, 3.63) is 28.3 Å². The highest BCUT2D eigenvalue weighted by Gasteiger charge is 2.17. The third-order valence-corrected chi connectivity index (χ3v) is 3.23. The van der Waals surface area contributed by atoms with Crippen molar-refractivity contribution in [3.63, 3.8) is 0 Å². The van der Waals surface area contributed by atoms with Gasteiger partial charge in [-0.3, -0.25) is 4.79 Å². The molecule has 0 heterocycles. The molecule has 15 heavy (non-hydrogen) atoms. The predicted molar refractivity (Wildman–Crippen MR) is 59.8 cm³/mol. The van der Waals surface area contributed by atoms with Gasteiger partial charge in [-0.25, -0.2) is 0 Å². The van der Waals surface area contributed by atoms with Gasteiger partial charge >= 0.3 is 0 Å². The highest BCUT2D eigenvalue weighted by molar-refractivity contribution is 5.81. The number of fused-ring (bicyclic) bond motifs is 1. The summed E-state index contributed by atoms with van der Waals surface area (Å²) in [5.41, 5.74) is 4.57. The molecule has 1 aromatic carbocycles. The van der Waals surface area contributed by atoms with Crippen molar-refractivity contribution >= 4 is 6.29 Å². The Labute approximate surface area is 90.3 Å². The van der Waals surface area contributed by atoms with E-state index >= 15 is 0 Å². The highest BCUT2D eigenvalue weighted by Crippen LogP contribution is 2.32. The van der Waals surface area contributed by atoms with E-state index in [4.69, 9.17) is 4.74 Å². The second kappa shape index (κ2) is 4.05. The van der Waals surface area contributed by atoms with Crippen molar-refractivity contribution in [1.29, 1.82) is 0 Å². The SMILES string of the molecule is COc1c(C=O)cc2c(c1C)CCCC2. The van der Waals surface area contributed by atoms with Gasteiger partial charge < -0.3 is 4.74 Å². The first-order valence-corrected chi connectivity index (χ1v) is 5.42. The Morgan fingerprint density at radius 2 is 2.07 bits per heavy atom. The van der Waals surface area contributed by atoms with E-state index < -0.39 is 0 Å². The Kier molecular flexibility index (Phi) is 2.76. The van der Waals surface area contributed by atoms with Crippen LogP contribution >= 0.6 is 0 Å². The maximum Gasteiger partial charge on any atom is 0.153 e. The van der Waals surface area contributed by atoms with Crippen LogP contribution in [0.5, 0.6) is 5.75 Å². The molecule has 2 heteroatoms. The van der Waals surface area contributed by atoms with Crippen molar-refractivity contribution in [1.82, 2.24) is 0 Å². The molecule has 2 rings (SSSR count). The van der Waals surface area contributed by atoms with Crippen molar-refractivity contribution < 1.29 is 9.53 Å². The van der Waals surface area contributed by atoms with E-state index in [2.05, 4.69) is 6.92 Å². The molecular formula is C13H16O2. The molecule has 0 bridgehead atoms. The quantitative estimate of drug-likeness (QED) is 0.692. The Bertz CT molecular complexity index is 394. The van der Waals surface area contributed by atoms with E-state index in [1.54, 1.807) is 7.11 Å². The Morgan fingerprint density at radius 1 is 1.33 bits per heavy atom. The fourth-order valence-electron chi connectivity index (χ4n) is 2.48. The zero-order valence-electron chi connectivity index (χ0n) is 9.30. The summed E-state index contributed by atoms with van der Waals surface area (Å²) in [6.07, 6.45) is 5.59. The largest absolute Gasteiger partial charge is 0.496 e. The molecule has 2 nitrogen and oxygen atoms in total. The molecule has 0 amide bonds. The van der Waals surface area contributed by atoms with Gasteiger partial charge in [-0.05, 0) is 55.4 Å². The summed E-state index contributed by atoms with van der Waals surface area (Å²) in [6, 6.07) is 1.99. The lowest BCUT2D eigenvalue weighted by atomic mass is 9.86. The van der Waals surface area contributed by atoms with Crippen LogP contribution in [0.3, 0.4) is 0 Å². The summed E-state index contributed by atoms with van der Waals surface area (Å²) < 4.78 is 5.30. The lowest BCUT2D eigenvalue weighted by molar-refractivity contribution is 0.112. The summed E-state index contributed by atoms with van der Waals surface area (Å²) in [7, 11) is 1.63. The van der Waals surface area contributed by atoms with Crippen LogP contribution in [0.4, 0.5) is 0 Å². The van der Waals surface area contributed by atoms with E-state index in [9.17, 15) is 4.79 Å². The van der Waals surface area contributed by atoms with Crippen LogP contribution in [0.25, 0.3) is 0 Å². The second-order valence-corrected chi connectivity index (χ2v) is 4.09. The van der Waals surface area contributed by atoms with Gasteiger partial charge in [-0.1, -0.05) is 0 Å². The van der Waals surface area contributed by atoms with Gasteiger partial charge in [-0.2, -0.15) is 0 Å². The molecule has 1 aliphatic rings. The second-order valence-electron chi connectivity index (χ2n) is 4.09. The Balaban J connectivity index is 2.61. The number of aldehydes is 1. The van der Waals surface area contributed by atoms with Gasteiger partial charge in [0.1, 0.15) is 5.75 Å². The van der Waals surface area contributed by atoms with Crippen molar-refractivity contribution in [2.45, 2.75) is 32.6 Å². The summed E-state index contributed by atoms with van der Waals surface area (Å²) in [6.45, 7) is 2.05. The fraction of sp³-hybridized carbons (Fsp3) is 0.462. The molecule has 1 aliphatic carbocycles. The van der Waals surface area contributed by atoms with E-state index in [0.717, 1.165) is 30.4 Å². The number of hydrogen-bond acceptors (Lipinski definition) is 2. The van der Waals surface area contributed by atoms with Gasteiger partial charge in [0.25, 0.3) is 0 Å². The van der Waals surface area contributed by atoms with E-state index in [1.807, 2.05) is 6.07 Å². The fourth-order valence-corrected chi connectivity index (χ4v) is 2.48. The third-order valence-electron chi connectivity index (χ3n) is 3.23. The average Bonchev–Trinajstić information content (AvgIpc) is 2.29. The first-order valence-electron chi connectivity index (χ1n) is 5.42. The minimum Gasteiger partial charge on any atom is -0.496 e. The van der Waals surface area contributed by atoms with E-state index in [1.165, 1.54) is 24.0 Å². The summed E-state index contributed by atoms with van der Waals surface area (Å²) in [5.74, 6) is 0.755. The lowest BCUT2D eigenvalue weighted by Crippen LogP contribution is -2.08. The number of aryl methyl sites for hydroxylation is 1. The van der Waals surface area contributed by atoms with Gasteiger partial charge in [0.2, 0.25) is 0 Å². The number of rotatable bonds is 2. The number of methoxy groups -OCH3 is 1. The third kappa shape index (κ3) is 1.65. The molecular weight excluding hydrogens is 188 g/mol. The first-order chi connectivity index (χ1) is 7.27. The average molecular weight is 204 g/mol. The summed E-state index contributed by atoms with van der Waals surface area (Å²) >= 11 is 0. The predicted octanol–water partition coefficient (Wildman–Crippen LogP) is 2.69. The lowest BCUT2D eigenvalue weighted by Gasteiger charge is -2.21. The first kappa shape index (κ1) is 10.2. The monoisotopic (exact) mass is 204 g/mol. The molecule has 1 aromatic rings. The molecule has 0 N–H and O–H groups in total. The minimum atomic E-state index is 0.690. The number of hydrogen-bond donors (Lipinski definition) is 0. The number of benzene rings is 1. The molecule has 0 aliphatic heterocycles. The molecule has 0 unspecified atom stereocenters. The zero-order chi connectivity index (χ0) is 10.8. The number of carbonyl (C=O) groups is 1. The molecule has 0 saturated heterocycles. The molecule has 80 valence electrons. The molecule has 0 atom stereocenters. The highest BCUT2D eigenvalue weighted by atomic mass is 16.5. The van der Waals surface area contributed by atoms with Crippen molar-refractivity contribution in [2.24, 2.45) is 0 Å². The van der Waals surface area contributed by atoms with Crippen LogP contribution in [-0.2, 0) is 12.8 Å². The van der Waals surface area contributed by atoms with Crippen LogP contribution in [0.2, 0.25) is 0 Å². The van der Waals surface area contributed by atoms with Crippen LogP contribution in [0.1, 0.15) is 39.9 Å². The van der Waals surface area contributed by atoms with Gasteiger partial charge in [0.15, 0.2) is 6.29 Å². The normalized spacial score (nSPS) is 14.5. The number of carbonyl (C=O) groups excluding carboxylic acids is 1. The van der Waals surface area contributed by atoms with Gasteiger partial charge in [0.05, 0.1) is 12.7 Å². The Hall–Kier alpha value is -1.31. The molecule has 0 spiro atoms.